The molecule has 0 bridgehead atoms. The molecule has 0 rings (SSSR count). The molecule has 1 N–H and O–H groups in total. The maximum atomic E-state index is 10.6. The lowest BCUT2D eigenvalue weighted by Crippen LogP contribution is -2.22. The summed E-state index contributed by atoms with van der Waals surface area (Å²) in [5.41, 5.74) is 0. The van der Waals surface area contributed by atoms with Crippen molar-refractivity contribution < 1.29 is 9.59 Å². The topological polar surface area (TPSA) is 46.2 Å². The first kappa shape index (κ1) is 10.2. The molecule has 0 aromatic carbocycles. The first-order valence-electron chi connectivity index (χ1n) is 3.20. The molecular formula is C7H11NO2S. The van der Waals surface area contributed by atoms with Crippen LogP contribution in [-0.4, -0.2) is 23.3 Å². The van der Waals surface area contributed by atoms with E-state index < -0.39 is 0 Å². The normalized spacial score (nSPS) is 8.82. The van der Waals surface area contributed by atoms with E-state index in [1.54, 1.807) is 0 Å². The van der Waals surface area contributed by atoms with Crippen LogP contribution in [0.15, 0.2) is 12.7 Å². The van der Waals surface area contributed by atoms with Crippen LogP contribution in [-0.2, 0) is 9.59 Å². The van der Waals surface area contributed by atoms with Gasteiger partial charge in [0.2, 0.25) is 11.0 Å². The molecule has 0 atom stereocenters. The number of amides is 1. The summed E-state index contributed by atoms with van der Waals surface area (Å²) in [6.45, 7) is 5.29. The minimum atomic E-state index is -0.0725. The van der Waals surface area contributed by atoms with Crippen LogP contribution in [0.1, 0.15) is 6.92 Å². The maximum absolute atomic E-state index is 10.6. The van der Waals surface area contributed by atoms with E-state index in [0.717, 1.165) is 11.8 Å². The van der Waals surface area contributed by atoms with Gasteiger partial charge < -0.3 is 5.32 Å². The van der Waals surface area contributed by atoms with Gasteiger partial charge in [-0.25, -0.2) is 0 Å². The number of carbonyl (C=O) groups is 2. The Morgan fingerprint density at radius 1 is 1.64 bits per heavy atom. The summed E-state index contributed by atoms with van der Waals surface area (Å²) in [4.78, 5) is 20.9. The van der Waals surface area contributed by atoms with E-state index in [9.17, 15) is 9.59 Å². The number of rotatable bonds is 4. The average molecular weight is 173 g/mol. The highest BCUT2D eigenvalue weighted by Gasteiger charge is 1.95. The van der Waals surface area contributed by atoms with Crippen molar-refractivity contribution in [1.29, 1.82) is 0 Å². The molecule has 3 nitrogen and oxygen atoms in total. The van der Waals surface area contributed by atoms with Gasteiger partial charge in [-0.15, -0.1) is 0 Å². The summed E-state index contributed by atoms with van der Waals surface area (Å²) in [6, 6.07) is 0. The Kier molecular flexibility index (Phi) is 5.56. The van der Waals surface area contributed by atoms with Crippen LogP contribution in [0.4, 0.5) is 0 Å². The highest BCUT2D eigenvalue weighted by Crippen LogP contribution is 1.99. The zero-order valence-electron chi connectivity index (χ0n) is 6.42. The molecule has 0 aromatic heterocycles. The Hall–Kier alpha value is -0.770. The number of hydrogen-bond acceptors (Lipinski definition) is 3. The van der Waals surface area contributed by atoms with E-state index in [1.807, 2.05) is 0 Å². The molecule has 0 saturated heterocycles. The van der Waals surface area contributed by atoms with E-state index in [0.29, 0.717) is 12.3 Å². The molecule has 0 radical (unpaired) electrons. The fourth-order valence-corrected chi connectivity index (χ4v) is 0.961. The van der Waals surface area contributed by atoms with Gasteiger partial charge >= 0.3 is 0 Å². The summed E-state index contributed by atoms with van der Waals surface area (Å²) in [5, 5.41) is 2.52. The molecule has 1 amide bonds. The molecule has 62 valence electrons. The summed E-state index contributed by atoms with van der Waals surface area (Å²) in [7, 11) is 0. The monoisotopic (exact) mass is 173 g/mol. The fourth-order valence-electron chi connectivity index (χ4n) is 0.438. The number of hydrogen-bond donors (Lipinski definition) is 1. The molecule has 0 aliphatic rings. The minimum Gasteiger partial charge on any atom is -0.356 e. The highest BCUT2D eigenvalue weighted by molar-refractivity contribution is 8.14. The quantitative estimate of drug-likeness (QED) is 0.499. The van der Waals surface area contributed by atoms with Crippen LogP contribution in [0.3, 0.4) is 0 Å². The standard InChI is InChI=1S/C7H11NO2S/c1-3-7(10)11-5-4-8-6(2)9/h3H,1,4-5H2,2H3,(H,8,9). The van der Waals surface area contributed by atoms with Gasteiger partial charge in [0.05, 0.1) is 0 Å². The fraction of sp³-hybridized carbons (Fsp3) is 0.429. The Bertz CT molecular complexity index is 168. The molecule has 4 heteroatoms. The molecule has 0 unspecified atom stereocenters. The maximum Gasteiger partial charge on any atom is 0.216 e. The van der Waals surface area contributed by atoms with Crippen LogP contribution in [0, 0.1) is 0 Å². The van der Waals surface area contributed by atoms with Gasteiger partial charge in [0.25, 0.3) is 0 Å². The summed E-state index contributed by atoms with van der Waals surface area (Å²) < 4.78 is 0. The summed E-state index contributed by atoms with van der Waals surface area (Å²) in [6.07, 6.45) is 1.26. The summed E-state index contributed by atoms with van der Waals surface area (Å²) in [5.74, 6) is 0.529. The third kappa shape index (κ3) is 7.12. The molecule has 11 heavy (non-hydrogen) atoms. The molecule has 0 aliphatic carbocycles. The lowest BCUT2D eigenvalue weighted by molar-refractivity contribution is -0.118. The average Bonchev–Trinajstić information content (AvgIpc) is 1.97. The zero-order valence-corrected chi connectivity index (χ0v) is 7.24. The van der Waals surface area contributed by atoms with Crippen LogP contribution < -0.4 is 5.32 Å². The predicted molar refractivity (Wildman–Crippen MR) is 46.3 cm³/mol. The van der Waals surface area contributed by atoms with Gasteiger partial charge in [0.15, 0.2) is 0 Å². The van der Waals surface area contributed by atoms with E-state index in [-0.39, 0.29) is 11.0 Å². The Labute approximate surface area is 70.2 Å². The van der Waals surface area contributed by atoms with Gasteiger partial charge in [-0.1, -0.05) is 18.3 Å². The third-order valence-electron chi connectivity index (χ3n) is 0.887. The van der Waals surface area contributed by atoms with Crippen molar-refractivity contribution in [2.75, 3.05) is 12.3 Å². The Morgan fingerprint density at radius 2 is 2.27 bits per heavy atom. The summed E-state index contributed by atoms with van der Waals surface area (Å²) >= 11 is 1.15. The molecule has 0 aromatic rings. The van der Waals surface area contributed by atoms with E-state index in [4.69, 9.17) is 0 Å². The van der Waals surface area contributed by atoms with Crippen LogP contribution >= 0.6 is 11.8 Å². The number of thioether (sulfide) groups is 1. The first-order valence-corrected chi connectivity index (χ1v) is 4.19. The van der Waals surface area contributed by atoms with Gasteiger partial charge in [0, 0.05) is 19.2 Å². The van der Waals surface area contributed by atoms with Crippen molar-refractivity contribution >= 4 is 22.8 Å². The van der Waals surface area contributed by atoms with Crippen LogP contribution in [0.5, 0.6) is 0 Å². The van der Waals surface area contributed by atoms with Gasteiger partial charge in [0.1, 0.15) is 0 Å². The van der Waals surface area contributed by atoms with Crippen molar-refractivity contribution in [3.63, 3.8) is 0 Å². The Balaban J connectivity index is 3.21. The lowest BCUT2D eigenvalue weighted by Gasteiger charge is -1.98. The highest BCUT2D eigenvalue weighted by atomic mass is 32.2. The van der Waals surface area contributed by atoms with Gasteiger partial charge in [-0.2, -0.15) is 0 Å². The first-order chi connectivity index (χ1) is 5.16. The van der Waals surface area contributed by atoms with E-state index in [1.165, 1.54) is 13.0 Å². The molecule has 0 spiro atoms. The molecular weight excluding hydrogens is 162 g/mol. The largest absolute Gasteiger partial charge is 0.356 e. The van der Waals surface area contributed by atoms with Crippen molar-refractivity contribution in [1.82, 2.24) is 5.32 Å². The zero-order chi connectivity index (χ0) is 8.69. The van der Waals surface area contributed by atoms with Crippen LogP contribution in [0.2, 0.25) is 0 Å². The van der Waals surface area contributed by atoms with Crippen molar-refractivity contribution in [3.8, 4) is 0 Å². The van der Waals surface area contributed by atoms with Crippen molar-refractivity contribution in [2.45, 2.75) is 6.92 Å². The third-order valence-corrected chi connectivity index (χ3v) is 1.75. The Morgan fingerprint density at radius 3 is 2.73 bits per heavy atom. The predicted octanol–water partition coefficient (Wildman–Crippen LogP) is 0.568. The van der Waals surface area contributed by atoms with E-state index in [2.05, 4.69) is 11.9 Å². The second kappa shape index (κ2) is 5.97. The van der Waals surface area contributed by atoms with Crippen molar-refractivity contribution in [2.24, 2.45) is 0 Å². The van der Waals surface area contributed by atoms with Gasteiger partial charge in [-0.05, 0) is 6.08 Å². The number of nitrogens with one attached hydrogen (secondary N) is 1. The minimum absolute atomic E-state index is 0.0599. The molecule has 0 aliphatic heterocycles. The van der Waals surface area contributed by atoms with Crippen molar-refractivity contribution in [3.05, 3.63) is 12.7 Å². The number of carbonyl (C=O) groups excluding carboxylic acids is 2. The second-order valence-electron chi connectivity index (χ2n) is 1.85. The molecule has 0 fully saturated rings. The molecule has 0 saturated carbocycles. The van der Waals surface area contributed by atoms with Gasteiger partial charge in [-0.3, -0.25) is 9.59 Å². The van der Waals surface area contributed by atoms with Crippen LogP contribution in [0.25, 0.3) is 0 Å². The lowest BCUT2D eigenvalue weighted by atomic mass is 10.6. The second-order valence-corrected chi connectivity index (χ2v) is 2.95. The smallest absolute Gasteiger partial charge is 0.216 e. The van der Waals surface area contributed by atoms with E-state index >= 15 is 0 Å². The molecule has 0 heterocycles. The SMILES string of the molecule is C=CC(=O)SCCNC(C)=O.